The second-order valence-corrected chi connectivity index (χ2v) is 5.39. The SMILES string of the molecule is COc1ccc(C)cc1Cc1nc(C(C)N)cs1. The van der Waals surface area contributed by atoms with Gasteiger partial charge in [-0.3, -0.25) is 0 Å². The van der Waals surface area contributed by atoms with Gasteiger partial charge >= 0.3 is 0 Å². The third-order valence-corrected chi connectivity index (χ3v) is 3.68. The summed E-state index contributed by atoms with van der Waals surface area (Å²) in [6.45, 7) is 4.03. The molecule has 1 aromatic carbocycles. The first-order chi connectivity index (χ1) is 8.60. The first kappa shape index (κ1) is 13.1. The van der Waals surface area contributed by atoms with E-state index in [-0.39, 0.29) is 6.04 Å². The minimum Gasteiger partial charge on any atom is -0.496 e. The van der Waals surface area contributed by atoms with Gasteiger partial charge in [-0.25, -0.2) is 4.98 Å². The molecular weight excluding hydrogens is 244 g/mol. The lowest BCUT2D eigenvalue weighted by atomic mass is 10.1. The molecule has 1 aromatic heterocycles. The number of aromatic nitrogens is 1. The number of aryl methyl sites for hydroxylation is 1. The lowest BCUT2D eigenvalue weighted by Gasteiger charge is -2.08. The van der Waals surface area contributed by atoms with Crippen LogP contribution in [0.1, 0.15) is 34.8 Å². The summed E-state index contributed by atoms with van der Waals surface area (Å²) in [7, 11) is 1.70. The Labute approximate surface area is 112 Å². The van der Waals surface area contributed by atoms with Crippen LogP contribution in [0.25, 0.3) is 0 Å². The molecular formula is C14H18N2OS. The molecule has 4 heteroatoms. The molecule has 0 aliphatic rings. The summed E-state index contributed by atoms with van der Waals surface area (Å²) in [5.41, 5.74) is 9.18. The van der Waals surface area contributed by atoms with Crippen molar-refractivity contribution >= 4 is 11.3 Å². The molecule has 96 valence electrons. The lowest BCUT2D eigenvalue weighted by molar-refractivity contribution is 0.410. The van der Waals surface area contributed by atoms with Crippen LogP contribution >= 0.6 is 11.3 Å². The Morgan fingerprint density at radius 1 is 1.44 bits per heavy atom. The molecule has 1 heterocycles. The van der Waals surface area contributed by atoms with Crippen molar-refractivity contribution in [3.63, 3.8) is 0 Å². The monoisotopic (exact) mass is 262 g/mol. The molecule has 18 heavy (non-hydrogen) atoms. The van der Waals surface area contributed by atoms with E-state index in [9.17, 15) is 0 Å². The van der Waals surface area contributed by atoms with Crippen molar-refractivity contribution in [2.24, 2.45) is 5.73 Å². The molecule has 1 atom stereocenters. The van der Waals surface area contributed by atoms with Crippen LogP contribution in [0.4, 0.5) is 0 Å². The molecule has 0 bridgehead atoms. The van der Waals surface area contributed by atoms with Crippen molar-refractivity contribution in [1.82, 2.24) is 4.98 Å². The van der Waals surface area contributed by atoms with Crippen LogP contribution in [0.15, 0.2) is 23.6 Å². The zero-order chi connectivity index (χ0) is 13.1. The van der Waals surface area contributed by atoms with Gasteiger partial charge in [0.2, 0.25) is 0 Å². The second kappa shape index (κ2) is 5.50. The Hall–Kier alpha value is -1.39. The Balaban J connectivity index is 2.24. The molecule has 0 amide bonds. The van der Waals surface area contributed by atoms with Crippen molar-refractivity contribution < 1.29 is 4.74 Å². The number of nitrogens with zero attached hydrogens (tertiary/aromatic N) is 1. The standard InChI is InChI=1S/C14H18N2OS/c1-9-4-5-13(17-3)11(6-9)7-14-16-12(8-18-14)10(2)15/h4-6,8,10H,7,15H2,1-3H3. The predicted octanol–water partition coefficient (Wildman–Crippen LogP) is 3.07. The third kappa shape index (κ3) is 2.89. The maximum Gasteiger partial charge on any atom is 0.122 e. The van der Waals surface area contributed by atoms with E-state index in [1.54, 1.807) is 18.4 Å². The van der Waals surface area contributed by atoms with Crippen LogP contribution in [0, 0.1) is 6.92 Å². The molecule has 0 spiro atoms. The Bertz CT molecular complexity index is 534. The van der Waals surface area contributed by atoms with E-state index < -0.39 is 0 Å². The Kier molecular flexibility index (Phi) is 3.99. The van der Waals surface area contributed by atoms with Crippen LogP contribution in [0.3, 0.4) is 0 Å². The fraction of sp³-hybridized carbons (Fsp3) is 0.357. The van der Waals surface area contributed by atoms with Crippen LogP contribution in [0.2, 0.25) is 0 Å². The van der Waals surface area contributed by atoms with Crippen LogP contribution in [-0.4, -0.2) is 12.1 Å². The predicted molar refractivity (Wildman–Crippen MR) is 75.3 cm³/mol. The van der Waals surface area contributed by atoms with Gasteiger partial charge in [-0.1, -0.05) is 17.7 Å². The number of rotatable bonds is 4. The minimum atomic E-state index is -0.00518. The van der Waals surface area contributed by atoms with Crippen molar-refractivity contribution in [3.8, 4) is 5.75 Å². The number of nitrogens with two attached hydrogens (primary N) is 1. The Morgan fingerprint density at radius 3 is 2.83 bits per heavy atom. The summed E-state index contributed by atoms with van der Waals surface area (Å²) in [4.78, 5) is 4.55. The van der Waals surface area contributed by atoms with E-state index in [0.717, 1.165) is 22.9 Å². The quantitative estimate of drug-likeness (QED) is 0.921. The summed E-state index contributed by atoms with van der Waals surface area (Å²) in [5, 5.41) is 3.11. The van der Waals surface area contributed by atoms with Gasteiger partial charge in [0.1, 0.15) is 5.75 Å². The average molecular weight is 262 g/mol. The molecule has 2 rings (SSSR count). The number of ether oxygens (including phenoxy) is 1. The number of hydrogen-bond donors (Lipinski definition) is 1. The summed E-state index contributed by atoms with van der Waals surface area (Å²) in [6.07, 6.45) is 0.794. The molecule has 2 N–H and O–H groups in total. The molecule has 3 nitrogen and oxygen atoms in total. The van der Waals surface area contributed by atoms with E-state index in [0.29, 0.717) is 0 Å². The molecule has 1 unspecified atom stereocenters. The van der Waals surface area contributed by atoms with E-state index in [4.69, 9.17) is 10.5 Å². The summed E-state index contributed by atoms with van der Waals surface area (Å²) in [6, 6.07) is 6.20. The van der Waals surface area contributed by atoms with Gasteiger partial charge in [0, 0.05) is 23.4 Å². The number of thiazole rings is 1. The van der Waals surface area contributed by atoms with Crippen molar-refractivity contribution in [3.05, 3.63) is 45.4 Å². The van der Waals surface area contributed by atoms with Gasteiger partial charge in [0.15, 0.2) is 0 Å². The topological polar surface area (TPSA) is 48.1 Å². The highest BCUT2D eigenvalue weighted by Gasteiger charge is 2.09. The van der Waals surface area contributed by atoms with Crippen molar-refractivity contribution in [2.75, 3.05) is 7.11 Å². The van der Waals surface area contributed by atoms with Crippen LogP contribution in [0.5, 0.6) is 5.75 Å². The van der Waals surface area contributed by atoms with E-state index in [1.807, 2.05) is 18.4 Å². The van der Waals surface area contributed by atoms with E-state index >= 15 is 0 Å². The Morgan fingerprint density at radius 2 is 2.22 bits per heavy atom. The van der Waals surface area contributed by atoms with Gasteiger partial charge in [-0.15, -0.1) is 11.3 Å². The smallest absolute Gasteiger partial charge is 0.122 e. The van der Waals surface area contributed by atoms with Gasteiger partial charge < -0.3 is 10.5 Å². The number of benzene rings is 1. The van der Waals surface area contributed by atoms with Gasteiger partial charge in [-0.2, -0.15) is 0 Å². The maximum atomic E-state index is 5.82. The normalized spacial score (nSPS) is 12.4. The second-order valence-electron chi connectivity index (χ2n) is 4.45. The zero-order valence-electron chi connectivity index (χ0n) is 10.9. The molecule has 0 saturated carbocycles. The molecule has 0 aliphatic carbocycles. The first-order valence-corrected chi connectivity index (χ1v) is 6.81. The van der Waals surface area contributed by atoms with E-state index in [1.165, 1.54) is 11.1 Å². The lowest BCUT2D eigenvalue weighted by Crippen LogP contribution is -2.05. The summed E-state index contributed by atoms with van der Waals surface area (Å²) >= 11 is 1.65. The molecule has 2 aromatic rings. The third-order valence-electron chi connectivity index (χ3n) is 2.81. The molecule has 0 aliphatic heterocycles. The molecule has 0 fully saturated rings. The summed E-state index contributed by atoms with van der Waals surface area (Å²) in [5.74, 6) is 0.915. The fourth-order valence-electron chi connectivity index (χ4n) is 1.82. The largest absolute Gasteiger partial charge is 0.496 e. The highest BCUT2D eigenvalue weighted by molar-refractivity contribution is 7.09. The molecule has 0 radical (unpaired) electrons. The first-order valence-electron chi connectivity index (χ1n) is 5.93. The van der Waals surface area contributed by atoms with Crippen LogP contribution < -0.4 is 10.5 Å². The van der Waals surface area contributed by atoms with Gasteiger partial charge in [0.05, 0.1) is 17.8 Å². The number of methoxy groups -OCH3 is 1. The zero-order valence-corrected chi connectivity index (χ0v) is 11.8. The minimum absolute atomic E-state index is 0.00518. The van der Waals surface area contributed by atoms with E-state index in [2.05, 4.69) is 24.0 Å². The highest BCUT2D eigenvalue weighted by Crippen LogP contribution is 2.25. The molecule has 0 saturated heterocycles. The number of hydrogen-bond acceptors (Lipinski definition) is 4. The van der Waals surface area contributed by atoms with Gasteiger partial charge in [0.25, 0.3) is 0 Å². The summed E-state index contributed by atoms with van der Waals surface area (Å²) < 4.78 is 5.38. The maximum absolute atomic E-state index is 5.82. The van der Waals surface area contributed by atoms with Gasteiger partial charge in [-0.05, 0) is 19.9 Å². The average Bonchev–Trinajstić information content (AvgIpc) is 2.78. The van der Waals surface area contributed by atoms with Crippen LogP contribution in [-0.2, 0) is 6.42 Å². The highest BCUT2D eigenvalue weighted by atomic mass is 32.1. The van der Waals surface area contributed by atoms with Crippen molar-refractivity contribution in [2.45, 2.75) is 26.3 Å². The fourth-order valence-corrected chi connectivity index (χ4v) is 2.74. The van der Waals surface area contributed by atoms with Crippen molar-refractivity contribution in [1.29, 1.82) is 0 Å².